The molecule has 2 aromatic heterocycles. The van der Waals surface area contributed by atoms with Crippen molar-refractivity contribution in [2.45, 2.75) is 19.1 Å². The second-order valence-electron chi connectivity index (χ2n) is 4.73. The van der Waals surface area contributed by atoms with E-state index in [-0.39, 0.29) is 42.4 Å². The van der Waals surface area contributed by atoms with E-state index in [0.717, 1.165) is 4.90 Å². The van der Waals surface area contributed by atoms with Gasteiger partial charge in [0.2, 0.25) is 0 Å². The topological polar surface area (TPSA) is 82.3 Å². The largest absolute Gasteiger partial charge is 0.530 e. The average molecular weight is 312 g/mol. The molecule has 116 valence electrons. The summed E-state index contributed by atoms with van der Waals surface area (Å²) in [5, 5.41) is 10.9. The van der Waals surface area contributed by atoms with E-state index in [1.54, 1.807) is 0 Å². The Morgan fingerprint density at radius 3 is 2.73 bits per heavy atom. The van der Waals surface area contributed by atoms with E-state index in [0.29, 0.717) is 0 Å². The molecule has 0 aliphatic carbocycles. The second-order valence-corrected chi connectivity index (χ2v) is 4.73. The number of furan rings is 1. The van der Waals surface area contributed by atoms with Gasteiger partial charge in [0, 0.05) is 12.1 Å². The average Bonchev–Trinajstić information content (AvgIpc) is 2.98. The zero-order chi connectivity index (χ0) is 15.9. The van der Waals surface area contributed by atoms with Gasteiger partial charge in [-0.1, -0.05) is 0 Å². The van der Waals surface area contributed by atoms with Crippen LogP contribution >= 0.6 is 0 Å². The fraction of sp³-hybridized carbons (Fsp3) is 0.308. The van der Waals surface area contributed by atoms with Gasteiger partial charge >= 0.3 is 6.18 Å². The third-order valence-corrected chi connectivity index (χ3v) is 3.33. The molecule has 0 radical (unpaired) electrons. The number of aromatic nitrogens is 2. The first-order valence-corrected chi connectivity index (χ1v) is 6.33. The summed E-state index contributed by atoms with van der Waals surface area (Å²) in [5.74, 6) is -0.143. The molecule has 3 heterocycles. The van der Waals surface area contributed by atoms with Gasteiger partial charge in [-0.3, -0.25) is 0 Å². The molecule has 22 heavy (non-hydrogen) atoms. The number of carbonyl (C=O) groups excluding carboxylic acids is 1. The highest BCUT2D eigenvalue weighted by Crippen LogP contribution is 2.35. The van der Waals surface area contributed by atoms with E-state index >= 15 is 0 Å². The third-order valence-electron chi connectivity index (χ3n) is 3.33. The minimum Gasteiger partial charge on any atom is -0.530 e. The van der Waals surface area contributed by atoms with E-state index in [9.17, 15) is 23.1 Å². The van der Waals surface area contributed by atoms with E-state index in [1.165, 1.54) is 18.4 Å². The molecule has 2 aromatic rings. The van der Waals surface area contributed by atoms with Crippen LogP contribution in [-0.4, -0.2) is 27.5 Å². The molecule has 6 nitrogen and oxygen atoms in total. The second kappa shape index (κ2) is 5.00. The molecular weight excluding hydrogens is 303 g/mol. The van der Waals surface area contributed by atoms with Crippen molar-refractivity contribution in [2.75, 3.05) is 6.54 Å². The van der Waals surface area contributed by atoms with Gasteiger partial charge in [-0.25, -0.2) is 9.97 Å². The van der Waals surface area contributed by atoms with E-state index < -0.39 is 18.0 Å². The predicted octanol–water partition coefficient (Wildman–Crippen LogP) is 1.46. The molecule has 0 spiro atoms. The summed E-state index contributed by atoms with van der Waals surface area (Å²) in [5.41, 5.74) is -1.12. The Bertz CT molecular complexity index is 713. The lowest BCUT2D eigenvalue weighted by Gasteiger charge is -2.31. The number of carbonyl (C=O) groups is 1. The summed E-state index contributed by atoms with van der Waals surface area (Å²) < 4.78 is 44.6. The monoisotopic (exact) mass is 312 g/mol. The van der Waals surface area contributed by atoms with Crippen molar-refractivity contribution >= 4 is 6.09 Å². The van der Waals surface area contributed by atoms with Gasteiger partial charge in [-0.05, 0) is 18.6 Å². The van der Waals surface area contributed by atoms with Crippen LogP contribution < -0.4 is 5.11 Å². The summed E-state index contributed by atoms with van der Waals surface area (Å²) >= 11 is 0. The van der Waals surface area contributed by atoms with Crippen LogP contribution in [0.4, 0.5) is 18.0 Å². The Labute approximate surface area is 122 Å². The number of alkyl halides is 3. The maximum absolute atomic E-state index is 13.2. The first-order valence-electron chi connectivity index (χ1n) is 6.33. The summed E-state index contributed by atoms with van der Waals surface area (Å²) in [6.45, 7) is -0.348. The number of halogens is 3. The Hall–Kier alpha value is -2.58. The zero-order valence-corrected chi connectivity index (χ0v) is 11.1. The molecule has 0 saturated heterocycles. The molecule has 9 heteroatoms. The molecule has 1 aliphatic heterocycles. The number of hydrogen-bond acceptors (Lipinski definition) is 5. The Kier molecular flexibility index (Phi) is 3.27. The number of rotatable bonds is 1. The Morgan fingerprint density at radius 1 is 1.36 bits per heavy atom. The lowest BCUT2D eigenvalue weighted by Crippen LogP contribution is -2.44. The molecule has 0 aromatic carbocycles. The standard InChI is InChI=1S/C13H10F3N3O3/c14-13(15,16)10-7-3-4-19(12(20)21)6-8(7)17-11(18-10)9-2-1-5-22-9/h1-2,5H,3-4,6H2,(H,20,21)/p-1. The van der Waals surface area contributed by atoms with Crippen molar-refractivity contribution in [3.63, 3.8) is 0 Å². The molecule has 0 saturated carbocycles. The van der Waals surface area contributed by atoms with Crippen molar-refractivity contribution in [1.29, 1.82) is 0 Å². The summed E-state index contributed by atoms with van der Waals surface area (Å²) in [6.07, 6.45) is -4.93. The Morgan fingerprint density at radius 2 is 2.14 bits per heavy atom. The smallest absolute Gasteiger partial charge is 0.433 e. The van der Waals surface area contributed by atoms with Crippen LogP contribution in [0.15, 0.2) is 22.8 Å². The molecule has 3 rings (SSSR count). The van der Waals surface area contributed by atoms with Gasteiger partial charge in [0.15, 0.2) is 17.3 Å². The van der Waals surface area contributed by atoms with E-state index in [2.05, 4.69) is 9.97 Å². The number of hydrogen-bond donors (Lipinski definition) is 0. The van der Waals surface area contributed by atoms with Crippen LogP contribution in [0.5, 0.6) is 0 Å². The molecule has 1 aliphatic rings. The number of fused-ring (bicyclic) bond motifs is 1. The minimum atomic E-state index is -4.65. The van der Waals surface area contributed by atoms with Gasteiger partial charge in [-0.2, -0.15) is 13.2 Å². The summed E-state index contributed by atoms with van der Waals surface area (Å²) in [4.78, 5) is 19.4. The molecule has 0 bridgehead atoms. The van der Waals surface area contributed by atoms with Crippen molar-refractivity contribution in [1.82, 2.24) is 14.9 Å². The van der Waals surface area contributed by atoms with Crippen molar-refractivity contribution in [3.8, 4) is 11.6 Å². The van der Waals surface area contributed by atoms with Gasteiger partial charge < -0.3 is 19.2 Å². The van der Waals surface area contributed by atoms with Crippen molar-refractivity contribution in [3.05, 3.63) is 35.3 Å². The lowest BCUT2D eigenvalue weighted by atomic mass is 10.0. The van der Waals surface area contributed by atoms with Crippen molar-refractivity contribution < 1.29 is 27.5 Å². The summed E-state index contributed by atoms with van der Waals surface area (Å²) in [6, 6.07) is 2.93. The maximum atomic E-state index is 13.2. The third kappa shape index (κ3) is 2.49. The van der Waals surface area contributed by atoms with Crippen molar-refractivity contribution in [2.24, 2.45) is 0 Å². The Balaban J connectivity index is 2.14. The molecule has 0 unspecified atom stereocenters. The first kappa shape index (κ1) is 14.4. The molecule has 1 amide bonds. The van der Waals surface area contributed by atoms with Crippen LogP contribution in [0, 0.1) is 0 Å². The normalized spacial score (nSPS) is 14.8. The summed E-state index contributed by atoms with van der Waals surface area (Å²) in [7, 11) is 0. The predicted molar refractivity (Wildman–Crippen MR) is 64.2 cm³/mol. The molecular formula is C13H9F3N3O3-. The minimum absolute atomic E-state index is 0.0178. The van der Waals surface area contributed by atoms with Gasteiger partial charge in [0.1, 0.15) is 6.09 Å². The fourth-order valence-corrected chi connectivity index (χ4v) is 2.34. The quantitative estimate of drug-likeness (QED) is 0.796. The number of carboxylic acid groups (broad SMARTS) is 1. The van der Waals surface area contributed by atoms with Crippen LogP contribution in [0.25, 0.3) is 11.6 Å². The SMILES string of the molecule is O=C([O-])N1CCc2c(nc(-c3ccco3)nc2C(F)(F)F)C1. The number of amides is 1. The highest BCUT2D eigenvalue weighted by molar-refractivity contribution is 5.63. The first-order chi connectivity index (χ1) is 10.4. The molecule has 0 N–H and O–H groups in total. The van der Waals surface area contributed by atoms with Crippen LogP contribution in [0.1, 0.15) is 17.0 Å². The highest BCUT2D eigenvalue weighted by Gasteiger charge is 2.39. The van der Waals surface area contributed by atoms with E-state index in [4.69, 9.17) is 4.42 Å². The van der Waals surface area contributed by atoms with Crippen LogP contribution in [-0.2, 0) is 19.1 Å². The highest BCUT2D eigenvalue weighted by atomic mass is 19.4. The lowest BCUT2D eigenvalue weighted by molar-refractivity contribution is -0.266. The van der Waals surface area contributed by atoms with E-state index in [1.807, 2.05) is 0 Å². The van der Waals surface area contributed by atoms with Gasteiger partial charge in [0.25, 0.3) is 0 Å². The van der Waals surface area contributed by atoms with Crippen LogP contribution in [0.3, 0.4) is 0 Å². The fourth-order valence-electron chi connectivity index (χ4n) is 2.34. The van der Waals surface area contributed by atoms with Gasteiger partial charge in [0.05, 0.1) is 18.5 Å². The van der Waals surface area contributed by atoms with Crippen LogP contribution in [0.2, 0.25) is 0 Å². The molecule has 0 atom stereocenters. The maximum Gasteiger partial charge on any atom is 0.433 e. The zero-order valence-electron chi connectivity index (χ0n) is 11.1. The van der Waals surface area contributed by atoms with Gasteiger partial charge in [-0.15, -0.1) is 0 Å². The molecule has 0 fully saturated rings. The number of nitrogens with zero attached hydrogens (tertiary/aromatic N) is 3.